The van der Waals surface area contributed by atoms with E-state index in [1.165, 1.54) is 0 Å². The molecule has 1 atom stereocenters. The highest BCUT2D eigenvalue weighted by atomic mass is 79.9. The number of hydrogen-bond acceptors (Lipinski definition) is 2. The molecule has 3 nitrogen and oxygen atoms in total. The van der Waals surface area contributed by atoms with Crippen molar-refractivity contribution < 1.29 is 5.11 Å². The maximum Gasteiger partial charge on any atom is 0.122 e. The van der Waals surface area contributed by atoms with Crippen LogP contribution in [0.25, 0.3) is 0 Å². The normalized spacial score (nSPS) is 12.7. The standard InChI is InChI=1S/C13H14BrClN2O/c1-2-7-17-12(11(14)8-16-17)13(18)9-3-5-10(15)6-4-9/h3-6,8,13,18H,2,7H2,1H3. The van der Waals surface area contributed by atoms with Gasteiger partial charge in [0.25, 0.3) is 0 Å². The third-order valence-electron chi connectivity index (χ3n) is 2.71. The third kappa shape index (κ3) is 2.76. The highest BCUT2D eigenvalue weighted by Crippen LogP contribution is 2.29. The molecule has 1 heterocycles. The predicted octanol–water partition coefficient (Wildman–Crippen LogP) is 3.79. The zero-order chi connectivity index (χ0) is 13.1. The minimum absolute atomic E-state index is 0.659. The molecule has 5 heteroatoms. The Kier molecular flexibility index (Phi) is 4.43. The summed E-state index contributed by atoms with van der Waals surface area (Å²) < 4.78 is 2.64. The molecule has 0 fully saturated rings. The van der Waals surface area contributed by atoms with Crippen LogP contribution < -0.4 is 0 Å². The molecule has 18 heavy (non-hydrogen) atoms. The molecule has 2 aromatic rings. The van der Waals surface area contributed by atoms with E-state index in [0.717, 1.165) is 28.7 Å². The topological polar surface area (TPSA) is 38.0 Å². The zero-order valence-electron chi connectivity index (χ0n) is 9.98. The van der Waals surface area contributed by atoms with Gasteiger partial charge in [0.15, 0.2) is 0 Å². The predicted molar refractivity (Wildman–Crippen MR) is 75.7 cm³/mol. The Morgan fingerprint density at radius 1 is 1.39 bits per heavy atom. The van der Waals surface area contributed by atoms with Crippen LogP contribution >= 0.6 is 27.5 Å². The van der Waals surface area contributed by atoms with Crippen LogP contribution in [0.5, 0.6) is 0 Å². The van der Waals surface area contributed by atoms with Gasteiger partial charge < -0.3 is 5.11 Å². The first-order valence-electron chi connectivity index (χ1n) is 5.78. The van der Waals surface area contributed by atoms with Gasteiger partial charge in [0, 0.05) is 11.6 Å². The fourth-order valence-corrected chi connectivity index (χ4v) is 2.48. The number of halogens is 2. The Labute approximate surface area is 120 Å². The van der Waals surface area contributed by atoms with Gasteiger partial charge in [-0.15, -0.1) is 0 Å². The van der Waals surface area contributed by atoms with Crippen molar-refractivity contribution in [3.05, 3.63) is 51.2 Å². The minimum Gasteiger partial charge on any atom is -0.382 e. The molecule has 2 rings (SSSR count). The van der Waals surface area contributed by atoms with Gasteiger partial charge in [-0.3, -0.25) is 4.68 Å². The van der Waals surface area contributed by atoms with E-state index in [4.69, 9.17) is 11.6 Å². The molecule has 1 aromatic carbocycles. The number of benzene rings is 1. The largest absolute Gasteiger partial charge is 0.382 e. The zero-order valence-corrected chi connectivity index (χ0v) is 12.3. The lowest BCUT2D eigenvalue weighted by Gasteiger charge is -2.14. The highest BCUT2D eigenvalue weighted by Gasteiger charge is 2.19. The van der Waals surface area contributed by atoms with Crippen molar-refractivity contribution in [3.8, 4) is 0 Å². The molecule has 1 N–H and O–H groups in total. The second kappa shape index (κ2) is 5.87. The Morgan fingerprint density at radius 3 is 2.67 bits per heavy atom. The van der Waals surface area contributed by atoms with Crippen LogP contribution in [0.15, 0.2) is 34.9 Å². The van der Waals surface area contributed by atoms with Gasteiger partial charge in [-0.25, -0.2) is 0 Å². The van der Waals surface area contributed by atoms with Gasteiger partial charge in [-0.1, -0.05) is 30.7 Å². The Morgan fingerprint density at radius 2 is 2.06 bits per heavy atom. The number of nitrogens with zero attached hydrogens (tertiary/aromatic N) is 2. The van der Waals surface area contributed by atoms with Crippen molar-refractivity contribution in [2.45, 2.75) is 26.0 Å². The van der Waals surface area contributed by atoms with Crippen LogP contribution in [0.1, 0.15) is 30.7 Å². The summed E-state index contributed by atoms with van der Waals surface area (Å²) in [6, 6.07) is 7.19. The molecule has 0 spiro atoms. The first-order valence-corrected chi connectivity index (χ1v) is 6.95. The van der Waals surface area contributed by atoms with Gasteiger partial charge in [0.1, 0.15) is 6.10 Å². The van der Waals surface area contributed by atoms with E-state index >= 15 is 0 Å². The number of hydrogen-bond donors (Lipinski definition) is 1. The van der Waals surface area contributed by atoms with Gasteiger partial charge in [0.2, 0.25) is 0 Å². The molecule has 0 bridgehead atoms. The Balaban J connectivity index is 2.35. The molecule has 0 aliphatic rings. The maximum atomic E-state index is 10.4. The Bertz CT molecular complexity index is 524. The summed E-state index contributed by atoms with van der Waals surface area (Å²) in [4.78, 5) is 0. The van der Waals surface area contributed by atoms with Gasteiger partial charge in [-0.05, 0) is 40.0 Å². The summed E-state index contributed by atoms with van der Waals surface area (Å²) in [7, 11) is 0. The number of aryl methyl sites for hydroxylation is 1. The van der Waals surface area contributed by atoms with Crippen molar-refractivity contribution >= 4 is 27.5 Å². The summed E-state index contributed by atoms with van der Waals surface area (Å²) in [6.07, 6.45) is 1.98. The van der Waals surface area contributed by atoms with E-state index in [-0.39, 0.29) is 0 Å². The first kappa shape index (κ1) is 13.6. The summed E-state index contributed by atoms with van der Waals surface area (Å²) in [5.74, 6) is 0. The van der Waals surface area contributed by atoms with E-state index in [1.807, 2.05) is 16.8 Å². The summed E-state index contributed by atoms with van der Waals surface area (Å²) in [5.41, 5.74) is 1.58. The lowest BCUT2D eigenvalue weighted by atomic mass is 10.1. The van der Waals surface area contributed by atoms with Crippen molar-refractivity contribution in [1.29, 1.82) is 0 Å². The number of aliphatic hydroxyl groups is 1. The van der Waals surface area contributed by atoms with Crippen molar-refractivity contribution in [3.63, 3.8) is 0 Å². The molecule has 1 unspecified atom stereocenters. The van der Waals surface area contributed by atoms with Crippen LogP contribution in [0, 0.1) is 0 Å². The second-order valence-electron chi connectivity index (χ2n) is 4.05. The average Bonchev–Trinajstić information content (AvgIpc) is 2.71. The number of aromatic nitrogens is 2. The van der Waals surface area contributed by atoms with Crippen LogP contribution in [-0.4, -0.2) is 14.9 Å². The van der Waals surface area contributed by atoms with Crippen LogP contribution in [0.4, 0.5) is 0 Å². The molecule has 0 saturated carbocycles. The molecular weight excluding hydrogens is 316 g/mol. The average molecular weight is 330 g/mol. The van der Waals surface area contributed by atoms with E-state index in [0.29, 0.717) is 5.02 Å². The van der Waals surface area contributed by atoms with Crippen LogP contribution in [-0.2, 0) is 6.54 Å². The minimum atomic E-state index is -0.703. The molecular formula is C13H14BrClN2O. The molecule has 0 amide bonds. The van der Waals surface area contributed by atoms with Crippen LogP contribution in [0.2, 0.25) is 5.02 Å². The lowest BCUT2D eigenvalue weighted by molar-refractivity contribution is 0.206. The quantitative estimate of drug-likeness (QED) is 0.926. The van der Waals surface area contributed by atoms with E-state index in [1.54, 1.807) is 18.3 Å². The van der Waals surface area contributed by atoms with Crippen LogP contribution in [0.3, 0.4) is 0 Å². The Hall–Kier alpha value is -0.840. The number of rotatable bonds is 4. The fourth-order valence-electron chi connectivity index (χ4n) is 1.84. The first-order chi connectivity index (χ1) is 8.63. The highest BCUT2D eigenvalue weighted by molar-refractivity contribution is 9.10. The van der Waals surface area contributed by atoms with E-state index in [2.05, 4.69) is 28.0 Å². The molecule has 0 aliphatic heterocycles. The third-order valence-corrected chi connectivity index (χ3v) is 3.58. The summed E-state index contributed by atoms with van der Waals surface area (Å²) in [6.45, 7) is 2.86. The molecule has 0 aliphatic carbocycles. The second-order valence-corrected chi connectivity index (χ2v) is 5.35. The maximum absolute atomic E-state index is 10.4. The van der Waals surface area contributed by atoms with E-state index in [9.17, 15) is 5.11 Å². The summed E-state index contributed by atoms with van der Waals surface area (Å²) in [5, 5.41) is 15.3. The fraction of sp³-hybridized carbons (Fsp3) is 0.308. The molecule has 0 radical (unpaired) electrons. The van der Waals surface area contributed by atoms with Gasteiger partial charge in [0.05, 0.1) is 16.4 Å². The van der Waals surface area contributed by atoms with Crippen molar-refractivity contribution in [1.82, 2.24) is 9.78 Å². The van der Waals surface area contributed by atoms with E-state index < -0.39 is 6.10 Å². The van der Waals surface area contributed by atoms with Gasteiger partial charge in [-0.2, -0.15) is 5.10 Å². The molecule has 96 valence electrons. The van der Waals surface area contributed by atoms with Crippen molar-refractivity contribution in [2.24, 2.45) is 0 Å². The lowest BCUT2D eigenvalue weighted by Crippen LogP contribution is -2.10. The van der Waals surface area contributed by atoms with Crippen molar-refractivity contribution in [2.75, 3.05) is 0 Å². The monoisotopic (exact) mass is 328 g/mol. The summed E-state index contributed by atoms with van der Waals surface area (Å²) >= 11 is 9.28. The number of aliphatic hydroxyl groups excluding tert-OH is 1. The smallest absolute Gasteiger partial charge is 0.122 e. The molecule has 1 aromatic heterocycles. The SMILES string of the molecule is CCCn1ncc(Br)c1C(O)c1ccc(Cl)cc1. The molecule has 0 saturated heterocycles. The van der Waals surface area contributed by atoms with Gasteiger partial charge >= 0.3 is 0 Å².